The van der Waals surface area contributed by atoms with Gasteiger partial charge in [-0.25, -0.2) is 4.39 Å². The second kappa shape index (κ2) is 7.74. The predicted octanol–water partition coefficient (Wildman–Crippen LogP) is 3.01. The molecule has 1 amide bonds. The molecule has 27 heavy (non-hydrogen) atoms. The van der Waals surface area contributed by atoms with Gasteiger partial charge in [0.05, 0.1) is 17.8 Å². The van der Waals surface area contributed by atoms with Gasteiger partial charge < -0.3 is 9.64 Å². The zero-order valence-electron chi connectivity index (χ0n) is 15.3. The van der Waals surface area contributed by atoms with E-state index < -0.39 is 0 Å². The van der Waals surface area contributed by atoms with Gasteiger partial charge >= 0.3 is 0 Å². The van der Waals surface area contributed by atoms with E-state index in [-0.39, 0.29) is 23.9 Å². The fraction of sp³-hybridized carbons (Fsp3) is 0.429. The molecule has 2 aromatic rings. The number of carbonyl (C=O) groups excluding carboxylic acids is 1. The lowest BCUT2D eigenvalue weighted by Crippen LogP contribution is -2.55. The molecule has 0 N–H and O–H groups in total. The quantitative estimate of drug-likeness (QED) is 0.834. The Balaban J connectivity index is 1.46. The van der Waals surface area contributed by atoms with Crippen molar-refractivity contribution < 1.29 is 13.9 Å². The highest BCUT2D eigenvalue weighted by Gasteiger charge is 2.41. The molecule has 4 rings (SSSR count). The minimum Gasteiger partial charge on any atom is -0.363 e. The summed E-state index contributed by atoms with van der Waals surface area (Å²) < 4.78 is 19.7. The summed E-state index contributed by atoms with van der Waals surface area (Å²) >= 11 is 0. The van der Waals surface area contributed by atoms with Crippen LogP contribution in [0, 0.1) is 5.82 Å². The van der Waals surface area contributed by atoms with Gasteiger partial charge in [-0.15, -0.1) is 0 Å². The van der Waals surface area contributed by atoms with Gasteiger partial charge in [-0.05, 0) is 56.1 Å². The number of morpholine rings is 1. The van der Waals surface area contributed by atoms with Crippen LogP contribution in [0.5, 0.6) is 0 Å². The maximum Gasteiger partial charge on any atom is 0.253 e. The molecule has 0 saturated carbocycles. The van der Waals surface area contributed by atoms with Crippen LogP contribution < -0.4 is 4.90 Å². The van der Waals surface area contributed by atoms with Gasteiger partial charge in [0.15, 0.2) is 0 Å². The van der Waals surface area contributed by atoms with E-state index in [2.05, 4.69) is 9.88 Å². The Labute approximate surface area is 158 Å². The van der Waals surface area contributed by atoms with Gasteiger partial charge in [-0.1, -0.05) is 12.1 Å². The van der Waals surface area contributed by atoms with Crippen molar-refractivity contribution in [3.63, 3.8) is 0 Å². The summed E-state index contributed by atoms with van der Waals surface area (Å²) in [5.74, 6) is -0.441. The maximum absolute atomic E-state index is 13.6. The van der Waals surface area contributed by atoms with Gasteiger partial charge in [0.1, 0.15) is 12.4 Å². The van der Waals surface area contributed by atoms with Gasteiger partial charge in [-0.2, -0.15) is 0 Å². The average molecular weight is 369 g/mol. The first-order valence-corrected chi connectivity index (χ1v) is 9.46. The minimum atomic E-state index is -0.362. The zero-order valence-corrected chi connectivity index (χ0v) is 15.3. The molecule has 0 bridgehead atoms. The molecule has 1 spiro atoms. The van der Waals surface area contributed by atoms with Crippen LogP contribution in [0.3, 0.4) is 0 Å². The summed E-state index contributed by atoms with van der Waals surface area (Å²) in [6.45, 7) is 3.23. The van der Waals surface area contributed by atoms with Crippen molar-refractivity contribution in [2.45, 2.75) is 31.4 Å². The van der Waals surface area contributed by atoms with Crippen molar-refractivity contribution in [3.05, 3.63) is 60.2 Å². The molecule has 1 aromatic heterocycles. The van der Waals surface area contributed by atoms with E-state index >= 15 is 0 Å². The molecule has 6 heteroatoms. The highest BCUT2D eigenvalue weighted by Crippen LogP contribution is 2.33. The van der Waals surface area contributed by atoms with E-state index in [0.717, 1.165) is 44.6 Å². The third kappa shape index (κ3) is 4.17. The van der Waals surface area contributed by atoms with E-state index in [1.165, 1.54) is 12.1 Å². The Morgan fingerprint density at radius 3 is 2.89 bits per heavy atom. The Hall–Kier alpha value is -2.31. The first-order valence-electron chi connectivity index (χ1n) is 9.46. The fourth-order valence-corrected chi connectivity index (χ4v) is 4.00. The lowest BCUT2D eigenvalue weighted by molar-refractivity contribution is -0.140. The highest BCUT2D eigenvalue weighted by molar-refractivity contribution is 5.95. The van der Waals surface area contributed by atoms with Crippen molar-refractivity contribution in [3.8, 4) is 0 Å². The molecule has 3 heterocycles. The second-order valence-electron chi connectivity index (χ2n) is 7.38. The topological polar surface area (TPSA) is 45.7 Å². The number of anilines is 1. The smallest absolute Gasteiger partial charge is 0.253 e. The average Bonchev–Trinajstić information content (AvgIpc) is 2.87. The summed E-state index contributed by atoms with van der Waals surface area (Å²) in [5.41, 5.74) is 1.31. The summed E-state index contributed by atoms with van der Waals surface area (Å²) in [5, 5.41) is 0. The molecule has 1 aromatic carbocycles. The second-order valence-corrected chi connectivity index (χ2v) is 7.38. The molecule has 5 nitrogen and oxygen atoms in total. The number of halogens is 1. The number of benzene rings is 1. The minimum absolute atomic E-state index is 0.0523. The van der Waals surface area contributed by atoms with Crippen molar-refractivity contribution in [2.24, 2.45) is 0 Å². The van der Waals surface area contributed by atoms with E-state index in [4.69, 9.17) is 4.74 Å². The first-order chi connectivity index (χ1) is 13.1. The molecule has 0 radical (unpaired) electrons. The predicted molar refractivity (Wildman–Crippen MR) is 101 cm³/mol. The number of ether oxygens (including phenoxy) is 1. The molecule has 2 aliphatic heterocycles. The van der Waals surface area contributed by atoms with Gasteiger partial charge in [0.2, 0.25) is 0 Å². The summed E-state index contributed by atoms with van der Waals surface area (Å²) in [6.07, 6.45) is 4.56. The number of likely N-dealkylation sites (tertiary alicyclic amines) is 1. The third-order valence-corrected chi connectivity index (χ3v) is 5.47. The SMILES string of the molecule is O=C1COC2(CCCN(Cc3ccccn3)CC2)CN1c1cccc(F)c1. The lowest BCUT2D eigenvalue weighted by atomic mass is 9.92. The van der Waals surface area contributed by atoms with Crippen LogP contribution >= 0.6 is 0 Å². The fourth-order valence-electron chi connectivity index (χ4n) is 4.00. The van der Waals surface area contributed by atoms with E-state index in [1.54, 1.807) is 17.0 Å². The van der Waals surface area contributed by atoms with Crippen LogP contribution in [0.4, 0.5) is 10.1 Å². The van der Waals surface area contributed by atoms with Gasteiger partial charge in [0, 0.05) is 25.0 Å². The van der Waals surface area contributed by atoms with Crippen LogP contribution in [-0.2, 0) is 16.1 Å². The maximum atomic E-state index is 13.6. The largest absolute Gasteiger partial charge is 0.363 e. The normalized spacial score (nSPS) is 24.2. The van der Waals surface area contributed by atoms with Crippen LogP contribution in [0.15, 0.2) is 48.7 Å². The molecular formula is C21H24FN3O2. The van der Waals surface area contributed by atoms with Crippen LogP contribution in [0.1, 0.15) is 25.0 Å². The van der Waals surface area contributed by atoms with Crippen LogP contribution in [-0.4, -0.2) is 47.6 Å². The van der Waals surface area contributed by atoms with E-state index in [1.807, 2.05) is 24.4 Å². The van der Waals surface area contributed by atoms with E-state index in [9.17, 15) is 9.18 Å². The molecule has 1 unspecified atom stereocenters. The molecule has 2 aliphatic rings. The Bertz CT molecular complexity index is 801. The highest BCUT2D eigenvalue weighted by atomic mass is 19.1. The third-order valence-electron chi connectivity index (χ3n) is 5.47. The molecule has 2 fully saturated rings. The molecule has 142 valence electrons. The van der Waals surface area contributed by atoms with Gasteiger partial charge in [0.25, 0.3) is 5.91 Å². The Morgan fingerprint density at radius 2 is 2.07 bits per heavy atom. The van der Waals surface area contributed by atoms with Gasteiger partial charge in [-0.3, -0.25) is 14.7 Å². The number of amides is 1. The number of carbonyl (C=O) groups is 1. The van der Waals surface area contributed by atoms with Crippen molar-refractivity contribution in [1.29, 1.82) is 0 Å². The number of nitrogens with zero attached hydrogens (tertiary/aromatic N) is 3. The molecule has 2 saturated heterocycles. The summed E-state index contributed by atoms with van der Waals surface area (Å²) in [7, 11) is 0. The lowest BCUT2D eigenvalue weighted by Gasteiger charge is -2.42. The van der Waals surface area contributed by atoms with Crippen LogP contribution in [0.2, 0.25) is 0 Å². The van der Waals surface area contributed by atoms with Crippen molar-refractivity contribution in [1.82, 2.24) is 9.88 Å². The van der Waals surface area contributed by atoms with Crippen molar-refractivity contribution >= 4 is 11.6 Å². The molecular weight excluding hydrogens is 345 g/mol. The number of hydrogen-bond acceptors (Lipinski definition) is 4. The number of aromatic nitrogens is 1. The number of pyridine rings is 1. The Morgan fingerprint density at radius 1 is 1.15 bits per heavy atom. The summed E-state index contributed by atoms with van der Waals surface area (Å²) in [6, 6.07) is 12.2. The first kappa shape index (κ1) is 18.1. The van der Waals surface area contributed by atoms with E-state index in [0.29, 0.717) is 12.2 Å². The summed E-state index contributed by atoms with van der Waals surface area (Å²) in [4.78, 5) is 20.9. The standard InChI is InChI=1S/C21H24FN3O2/c22-17-5-3-7-19(13-17)25-16-21(27-15-20(25)26)8-4-11-24(12-9-21)14-18-6-1-2-10-23-18/h1-3,5-7,10,13H,4,8-9,11-12,14-16H2. The molecule has 1 atom stereocenters. The monoisotopic (exact) mass is 369 g/mol. The van der Waals surface area contributed by atoms with Crippen LogP contribution in [0.25, 0.3) is 0 Å². The van der Waals surface area contributed by atoms with Crippen molar-refractivity contribution in [2.75, 3.05) is 31.1 Å². The molecule has 0 aliphatic carbocycles. The Kier molecular flexibility index (Phi) is 5.18. The number of rotatable bonds is 3. The number of hydrogen-bond donors (Lipinski definition) is 0. The zero-order chi connectivity index (χ0) is 18.7.